The van der Waals surface area contributed by atoms with Gasteiger partial charge in [-0.05, 0) is 40.2 Å². The Balaban J connectivity index is 2.36. The molecule has 0 saturated carbocycles. The van der Waals surface area contributed by atoms with E-state index in [2.05, 4.69) is 10.6 Å². The molecule has 4 N–H and O–H groups in total. The van der Waals surface area contributed by atoms with Crippen LogP contribution in [0.15, 0.2) is 0 Å². The fourth-order valence-electron chi connectivity index (χ4n) is 2.26. The number of hydrogen-bond donors (Lipinski definition) is 3. The molecular weight excluding hydrogens is 247 g/mol. The maximum Gasteiger partial charge on any atom is 0.315 e. The van der Waals surface area contributed by atoms with Crippen LogP contribution in [-0.4, -0.2) is 54.9 Å². The fraction of sp³-hybridized carbons (Fsp3) is 0.923. The summed E-state index contributed by atoms with van der Waals surface area (Å²) in [5.41, 5.74) is 5.04. The highest BCUT2D eigenvalue weighted by Gasteiger charge is 2.24. The highest BCUT2D eigenvalue weighted by Crippen LogP contribution is 2.11. The summed E-state index contributed by atoms with van der Waals surface area (Å²) < 4.78 is 13.3. The molecule has 0 aliphatic carbocycles. The summed E-state index contributed by atoms with van der Waals surface area (Å²) in [6, 6.07) is -0.0731. The summed E-state index contributed by atoms with van der Waals surface area (Å²) in [6.45, 7) is 7.80. The lowest BCUT2D eigenvalue weighted by Crippen LogP contribution is -2.54. The van der Waals surface area contributed by atoms with E-state index in [0.717, 1.165) is 19.4 Å². The van der Waals surface area contributed by atoms with Crippen LogP contribution in [0.2, 0.25) is 0 Å². The fourth-order valence-corrected chi connectivity index (χ4v) is 2.26. The Hall–Kier alpha value is -0.880. The van der Waals surface area contributed by atoms with Gasteiger partial charge in [0.25, 0.3) is 0 Å². The monoisotopic (exact) mass is 274 g/mol. The number of alkyl halides is 1. The van der Waals surface area contributed by atoms with Crippen LogP contribution in [0.5, 0.6) is 0 Å². The maximum atomic E-state index is 13.3. The molecule has 1 fully saturated rings. The summed E-state index contributed by atoms with van der Waals surface area (Å²) >= 11 is 0. The lowest BCUT2D eigenvalue weighted by atomic mass is 10.1. The van der Waals surface area contributed by atoms with Crippen LogP contribution in [0.25, 0.3) is 0 Å². The quantitative estimate of drug-likeness (QED) is 0.711. The largest absolute Gasteiger partial charge is 0.334 e. The minimum atomic E-state index is -0.984. The molecule has 6 heteroatoms. The molecule has 0 spiro atoms. The van der Waals surface area contributed by atoms with Crippen LogP contribution < -0.4 is 16.4 Å². The van der Waals surface area contributed by atoms with Crippen molar-refractivity contribution in [3.8, 4) is 0 Å². The topological polar surface area (TPSA) is 70.4 Å². The Morgan fingerprint density at radius 3 is 2.79 bits per heavy atom. The van der Waals surface area contributed by atoms with Gasteiger partial charge in [0.1, 0.15) is 6.17 Å². The Kier molecular flexibility index (Phi) is 6.00. The molecule has 0 unspecified atom stereocenters. The molecule has 19 heavy (non-hydrogen) atoms. The van der Waals surface area contributed by atoms with E-state index in [1.807, 2.05) is 25.7 Å². The zero-order valence-electron chi connectivity index (χ0n) is 12.2. The van der Waals surface area contributed by atoms with E-state index in [0.29, 0.717) is 13.1 Å². The van der Waals surface area contributed by atoms with Crippen LogP contribution in [0, 0.1) is 0 Å². The Bertz CT molecular complexity index is 293. The predicted octanol–water partition coefficient (Wildman–Crippen LogP) is 0.845. The molecule has 0 aromatic carbocycles. The number of nitrogens with zero attached hydrogens (tertiary/aromatic N) is 1. The van der Waals surface area contributed by atoms with Gasteiger partial charge >= 0.3 is 6.03 Å². The molecule has 1 rings (SSSR count). The number of carbonyl (C=O) groups excluding carboxylic acids is 1. The second-order valence-corrected chi connectivity index (χ2v) is 6.28. The minimum absolute atomic E-state index is 0.0547. The summed E-state index contributed by atoms with van der Waals surface area (Å²) in [4.78, 5) is 13.8. The van der Waals surface area contributed by atoms with Gasteiger partial charge in [-0.25, -0.2) is 9.18 Å². The van der Waals surface area contributed by atoms with Crippen molar-refractivity contribution in [3.63, 3.8) is 0 Å². The number of halogens is 1. The van der Waals surface area contributed by atoms with Gasteiger partial charge in [0.2, 0.25) is 0 Å². The average molecular weight is 274 g/mol. The minimum Gasteiger partial charge on any atom is -0.334 e. The molecular formula is C13H27FN4O. The SMILES string of the molecule is CC(C)(C)NC(=O)N[C@@H]1CCCN(C[C@H](F)CN)C1. The highest BCUT2D eigenvalue weighted by molar-refractivity contribution is 5.75. The number of rotatable bonds is 4. The zero-order valence-corrected chi connectivity index (χ0v) is 12.2. The summed E-state index contributed by atoms with van der Waals surface area (Å²) in [6.07, 6.45) is 0.924. The van der Waals surface area contributed by atoms with Crippen LogP contribution in [0.1, 0.15) is 33.6 Å². The van der Waals surface area contributed by atoms with Gasteiger partial charge < -0.3 is 16.4 Å². The van der Waals surface area contributed by atoms with E-state index in [1.165, 1.54) is 0 Å². The van der Waals surface area contributed by atoms with Crippen molar-refractivity contribution in [1.29, 1.82) is 0 Å². The number of carbonyl (C=O) groups is 1. The van der Waals surface area contributed by atoms with E-state index in [9.17, 15) is 9.18 Å². The Morgan fingerprint density at radius 2 is 2.21 bits per heavy atom. The van der Waals surface area contributed by atoms with E-state index in [1.54, 1.807) is 0 Å². The van der Waals surface area contributed by atoms with Crippen molar-refractivity contribution in [2.24, 2.45) is 5.73 Å². The number of nitrogens with one attached hydrogen (secondary N) is 2. The second-order valence-electron chi connectivity index (χ2n) is 6.28. The summed E-state index contributed by atoms with van der Waals surface area (Å²) in [5, 5.41) is 5.82. The molecule has 1 aliphatic heterocycles. The zero-order chi connectivity index (χ0) is 14.5. The van der Waals surface area contributed by atoms with Gasteiger partial charge in [-0.1, -0.05) is 0 Å². The number of piperidine rings is 1. The molecule has 1 heterocycles. The second kappa shape index (κ2) is 7.05. The standard InChI is InChI=1S/C13H27FN4O/c1-13(2,3)17-12(19)16-11-5-4-6-18(9-11)8-10(14)7-15/h10-11H,4-9,15H2,1-3H3,(H2,16,17,19)/t10-,11-/m1/s1. The molecule has 2 amide bonds. The van der Waals surface area contributed by atoms with Crippen LogP contribution in [0.3, 0.4) is 0 Å². The lowest BCUT2D eigenvalue weighted by molar-refractivity contribution is 0.147. The summed E-state index contributed by atoms with van der Waals surface area (Å²) in [7, 11) is 0. The Labute approximate surface area is 115 Å². The first-order chi connectivity index (χ1) is 8.80. The van der Waals surface area contributed by atoms with Crippen LogP contribution in [0.4, 0.5) is 9.18 Å². The first-order valence-electron chi connectivity index (χ1n) is 6.95. The molecule has 0 bridgehead atoms. The van der Waals surface area contributed by atoms with Crippen molar-refractivity contribution in [2.75, 3.05) is 26.2 Å². The number of nitrogens with two attached hydrogens (primary N) is 1. The van der Waals surface area contributed by atoms with E-state index < -0.39 is 6.17 Å². The number of urea groups is 1. The third-order valence-electron chi connectivity index (χ3n) is 3.04. The van der Waals surface area contributed by atoms with Gasteiger partial charge in [0.15, 0.2) is 0 Å². The number of likely N-dealkylation sites (tertiary alicyclic amines) is 1. The molecule has 0 radical (unpaired) electrons. The van der Waals surface area contributed by atoms with Crippen molar-refractivity contribution < 1.29 is 9.18 Å². The molecule has 1 aliphatic rings. The average Bonchev–Trinajstić information content (AvgIpc) is 2.26. The van der Waals surface area contributed by atoms with Crippen LogP contribution in [-0.2, 0) is 0 Å². The van der Waals surface area contributed by atoms with Gasteiger partial charge in [0.05, 0.1) is 0 Å². The molecule has 112 valence electrons. The highest BCUT2D eigenvalue weighted by atomic mass is 19.1. The van der Waals surface area contributed by atoms with Gasteiger partial charge in [-0.3, -0.25) is 4.90 Å². The van der Waals surface area contributed by atoms with Gasteiger partial charge in [0, 0.05) is 31.2 Å². The van der Waals surface area contributed by atoms with Crippen molar-refractivity contribution in [1.82, 2.24) is 15.5 Å². The van der Waals surface area contributed by atoms with Crippen LogP contribution >= 0.6 is 0 Å². The molecule has 0 aromatic heterocycles. The van der Waals surface area contributed by atoms with Crippen molar-refractivity contribution in [2.45, 2.75) is 51.4 Å². The van der Waals surface area contributed by atoms with E-state index in [-0.39, 0.29) is 24.2 Å². The normalized spacial score (nSPS) is 22.9. The Morgan fingerprint density at radius 1 is 1.53 bits per heavy atom. The molecule has 5 nitrogen and oxygen atoms in total. The maximum absolute atomic E-state index is 13.3. The van der Waals surface area contributed by atoms with E-state index in [4.69, 9.17) is 5.73 Å². The van der Waals surface area contributed by atoms with Crippen molar-refractivity contribution in [3.05, 3.63) is 0 Å². The first kappa shape index (κ1) is 16.2. The van der Waals surface area contributed by atoms with E-state index >= 15 is 0 Å². The smallest absolute Gasteiger partial charge is 0.315 e. The molecule has 2 atom stereocenters. The van der Waals surface area contributed by atoms with Gasteiger partial charge in [-0.2, -0.15) is 0 Å². The number of amides is 2. The predicted molar refractivity (Wildman–Crippen MR) is 74.8 cm³/mol. The van der Waals surface area contributed by atoms with Crippen molar-refractivity contribution >= 4 is 6.03 Å². The molecule has 1 saturated heterocycles. The molecule has 0 aromatic rings. The summed E-state index contributed by atoms with van der Waals surface area (Å²) in [5.74, 6) is 0. The lowest BCUT2D eigenvalue weighted by Gasteiger charge is -2.34. The third kappa shape index (κ3) is 6.73. The first-order valence-corrected chi connectivity index (χ1v) is 6.95. The van der Waals surface area contributed by atoms with Gasteiger partial charge in [-0.15, -0.1) is 0 Å². The third-order valence-corrected chi connectivity index (χ3v) is 3.04. The number of hydrogen-bond acceptors (Lipinski definition) is 3.